The van der Waals surface area contributed by atoms with Crippen molar-refractivity contribution in [2.45, 2.75) is 33.4 Å². The molecule has 0 aliphatic carbocycles. The van der Waals surface area contributed by atoms with E-state index in [4.69, 9.17) is 4.74 Å². The summed E-state index contributed by atoms with van der Waals surface area (Å²) in [5, 5.41) is 5.27. The quantitative estimate of drug-likeness (QED) is 0.431. The number of hydrogen-bond acceptors (Lipinski definition) is 3. The lowest BCUT2D eigenvalue weighted by molar-refractivity contribution is 0.102. The average molecular weight is 432 g/mol. The number of nitrogens with one attached hydrogen (secondary N) is 1. The van der Waals surface area contributed by atoms with E-state index in [1.54, 1.807) is 23.9 Å². The molecule has 4 rings (SSSR count). The van der Waals surface area contributed by atoms with Crippen LogP contribution in [-0.2, 0) is 17.8 Å². The standard InChI is InChI=1S/C26H29N3O3/c1-18(2)11-13-29-17-22(19-7-4-5-8-20(19)26(29)31)25(30)27-23-9-6-10-24-21(23)12-14-28(24)15-16-32-3/h4-10,12,14,17-18H,11,13,15-16H2,1-3H3,(H,27,30). The minimum Gasteiger partial charge on any atom is -0.383 e. The number of rotatable bonds is 8. The van der Waals surface area contributed by atoms with E-state index in [0.29, 0.717) is 35.4 Å². The van der Waals surface area contributed by atoms with Crippen LogP contribution in [0.5, 0.6) is 0 Å². The van der Waals surface area contributed by atoms with Crippen molar-refractivity contribution >= 4 is 33.3 Å². The number of benzene rings is 2. The molecule has 1 N–H and O–H groups in total. The van der Waals surface area contributed by atoms with Crippen LogP contribution in [0.1, 0.15) is 30.6 Å². The third kappa shape index (κ3) is 4.32. The summed E-state index contributed by atoms with van der Waals surface area (Å²) in [6, 6.07) is 15.2. The summed E-state index contributed by atoms with van der Waals surface area (Å²) in [4.78, 5) is 26.4. The Morgan fingerprint density at radius 2 is 1.75 bits per heavy atom. The Morgan fingerprint density at radius 1 is 0.969 bits per heavy atom. The van der Waals surface area contributed by atoms with Crippen LogP contribution < -0.4 is 10.9 Å². The fourth-order valence-corrected chi connectivity index (χ4v) is 3.99. The Kier molecular flexibility index (Phi) is 6.42. The van der Waals surface area contributed by atoms with Gasteiger partial charge in [0.1, 0.15) is 0 Å². The van der Waals surface area contributed by atoms with Crippen molar-refractivity contribution in [2.24, 2.45) is 5.92 Å². The van der Waals surface area contributed by atoms with Gasteiger partial charge in [0, 0.05) is 48.8 Å². The van der Waals surface area contributed by atoms with Crippen molar-refractivity contribution in [1.82, 2.24) is 9.13 Å². The molecule has 0 unspecified atom stereocenters. The van der Waals surface area contributed by atoms with Gasteiger partial charge in [-0.05, 0) is 36.6 Å². The van der Waals surface area contributed by atoms with E-state index >= 15 is 0 Å². The molecule has 0 atom stereocenters. The molecule has 6 heteroatoms. The maximum Gasteiger partial charge on any atom is 0.258 e. The van der Waals surface area contributed by atoms with Crippen LogP contribution in [0.2, 0.25) is 0 Å². The van der Waals surface area contributed by atoms with Crippen LogP contribution in [0.25, 0.3) is 21.7 Å². The van der Waals surface area contributed by atoms with Gasteiger partial charge in [0.25, 0.3) is 11.5 Å². The number of amides is 1. The first-order valence-corrected chi connectivity index (χ1v) is 11.0. The fourth-order valence-electron chi connectivity index (χ4n) is 3.99. The van der Waals surface area contributed by atoms with Gasteiger partial charge in [-0.15, -0.1) is 0 Å². The molecule has 0 spiro atoms. The number of pyridine rings is 1. The van der Waals surface area contributed by atoms with Crippen LogP contribution >= 0.6 is 0 Å². The summed E-state index contributed by atoms with van der Waals surface area (Å²) < 4.78 is 8.97. The van der Waals surface area contributed by atoms with E-state index in [9.17, 15) is 9.59 Å². The summed E-state index contributed by atoms with van der Waals surface area (Å²) >= 11 is 0. The first-order chi connectivity index (χ1) is 15.5. The number of nitrogens with zero attached hydrogens (tertiary/aromatic N) is 2. The normalized spacial score (nSPS) is 11.5. The maximum atomic E-state index is 13.4. The summed E-state index contributed by atoms with van der Waals surface area (Å²) in [6.45, 7) is 6.19. The minimum absolute atomic E-state index is 0.0601. The summed E-state index contributed by atoms with van der Waals surface area (Å²) in [5.41, 5.74) is 2.22. The molecule has 2 aromatic heterocycles. The van der Waals surface area contributed by atoms with Crippen molar-refractivity contribution in [3.05, 3.63) is 76.8 Å². The SMILES string of the molecule is COCCn1ccc2c(NC(=O)c3cn(CCC(C)C)c(=O)c4ccccc34)cccc21. The summed E-state index contributed by atoms with van der Waals surface area (Å²) in [5.74, 6) is 0.238. The monoisotopic (exact) mass is 431 g/mol. The zero-order valence-corrected chi connectivity index (χ0v) is 18.8. The number of ether oxygens (including phenoxy) is 1. The number of anilines is 1. The van der Waals surface area contributed by atoms with Gasteiger partial charge in [0.05, 0.1) is 23.4 Å². The van der Waals surface area contributed by atoms with Gasteiger partial charge in [-0.3, -0.25) is 9.59 Å². The first kappa shape index (κ1) is 21.8. The van der Waals surface area contributed by atoms with Crippen LogP contribution in [0, 0.1) is 5.92 Å². The van der Waals surface area contributed by atoms with E-state index in [0.717, 1.165) is 29.6 Å². The molecule has 0 saturated carbocycles. The Labute approximate surface area is 187 Å². The van der Waals surface area contributed by atoms with Gasteiger partial charge in [-0.1, -0.05) is 38.1 Å². The third-order valence-electron chi connectivity index (χ3n) is 5.78. The summed E-state index contributed by atoms with van der Waals surface area (Å²) in [7, 11) is 1.68. The largest absolute Gasteiger partial charge is 0.383 e. The maximum absolute atomic E-state index is 13.4. The molecule has 0 aliphatic rings. The van der Waals surface area contributed by atoms with E-state index in [1.807, 2.05) is 48.7 Å². The molecule has 0 radical (unpaired) electrons. The van der Waals surface area contributed by atoms with Crippen molar-refractivity contribution in [3.63, 3.8) is 0 Å². The lowest BCUT2D eigenvalue weighted by atomic mass is 10.1. The minimum atomic E-state index is -0.225. The molecule has 32 heavy (non-hydrogen) atoms. The summed E-state index contributed by atoms with van der Waals surface area (Å²) in [6.07, 6.45) is 4.57. The van der Waals surface area contributed by atoms with Gasteiger partial charge in [0.2, 0.25) is 0 Å². The molecule has 4 aromatic rings. The molecule has 2 heterocycles. The fraction of sp³-hybridized carbons (Fsp3) is 0.308. The van der Waals surface area contributed by atoms with Gasteiger partial charge in [0.15, 0.2) is 0 Å². The second-order valence-corrected chi connectivity index (χ2v) is 8.46. The number of fused-ring (bicyclic) bond motifs is 2. The molecule has 0 bridgehead atoms. The van der Waals surface area contributed by atoms with Crippen LogP contribution in [0.4, 0.5) is 5.69 Å². The number of aromatic nitrogens is 2. The Bertz CT molecular complexity index is 1320. The number of carbonyl (C=O) groups is 1. The van der Waals surface area contributed by atoms with Crippen molar-refractivity contribution in [3.8, 4) is 0 Å². The molecule has 0 aliphatic heterocycles. The lowest BCUT2D eigenvalue weighted by Gasteiger charge is -2.14. The third-order valence-corrected chi connectivity index (χ3v) is 5.78. The Hall–Kier alpha value is -3.38. The Balaban J connectivity index is 1.72. The zero-order chi connectivity index (χ0) is 22.7. The lowest BCUT2D eigenvalue weighted by Crippen LogP contribution is -2.24. The second-order valence-electron chi connectivity index (χ2n) is 8.46. The smallest absolute Gasteiger partial charge is 0.258 e. The number of hydrogen-bond donors (Lipinski definition) is 1. The highest BCUT2D eigenvalue weighted by Gasteiger charge is 2.16. The van der Waals surface area contributed by atoms with Crippen molar-refractivity contribution < 1.29 is 9.53 Å². The molecule has 2 aromatic carbocycles. The van der Waals surface area contributed by atoms with Gasteiger partial charge in [-0.2, -0.15) is 0 Å². The number of carbonyl (C=O) groups excluding carboxylic acids is 1. The van der Waals surface area contributed by atoms with E-state index in [2.05, 4.69) is 23.7 Å². The second kappa shape index (κ2) is 9.40. The molecule has 0 saturated heterocycles. The van der Waals surface area contributed by atoms with Crippen LogP contribution in [0.15, 0.2) is 65.7 Å². The van der Waals surface area contributed by atoms with Gasteiger partial charge in [-0.25, -0.2) is 0 Å². The highest BCUT2D eigenvalue weighted by Crippen LogP contribution is 2.26. The predicted octanol–water partition coefficient (Wildman–Crippen LogP) is 4.90. The molecular formula is C26H29N3O3. The van der Waals surface area contributed by atoms with Crippen molar-refractivity contribution in [1.29, 1.82) is 0 Å². The highest BCUT2D eigenvalue weighted by atomic mass is 16.5. The van der Waals surface area contributed by atoms with Crippen LogP contribution in [-0.4, -0.2) is 28.8 Å². The Morgan fingerprint density at radius 3 is 2.50 bits per heavy atom. The highest BCUT2D eigenvalue weighted by molar-refractivity contribution is 6.14. The van der Waals surface area contributed by atoms with Gasteiger partial charge >= 0.3 is 0 Å². The van der Waals surface area contributed by atoms with E-state index in [-0.39, 0.29) is 11.5 Å². The molecular weight excluding hydrogens is 402 g/mol. The van der Waals surface area contributed by atoms with Gasteiger partial charge < -0.3 is 19.2 Å². The number of aryl methyl sites for hydroxylation is 1. The molecule has 166 valence electrons. The van der Waals surface area contributed by atoms with E-state index in [1.165, 1.54) is 0 Å². The molecule has 0 fully saturated rings. The molecule has 6 nitrogen and oxygen atoms in total. The zero-order valence-electron chi connectivity index (χ0n) is 18.8. The number of methoxy groups -OCH3 is 1. The average Bonchev–Trinajstić information content (AvgIpc) is 3.21. The van der Waals surface area contributed by atoms with Crippen molar-refractivity contribution in [2.75, 3.05) is 19.0 Å². The predicted molar refractivity (Wildman–Crippen MR) is 129 cm³/mol. The topological polar surface area (TPSA) is 65.3 Å². The van der Waals surface area contributed by atoms with Crippen LogP contribution in [0.3, 0.4) is 0 Å². The van der Waals surface area contributed by atoms with E-state index < -0.39 is 0 Å². The first-order valence-electron chi connectivity index (χ1n) is 11.0. The molecule has 1 amide bonds.